The van der Waals surface area contributed by atoms with Crippen LogP contribution in [-0.4, -0.2) is 71.7 Å². The van der Waals surface area contributed by atoms with Crippen molar-refractivity contribution in [2.45, 2.75) is 71.6 Å². The fourth-order valence-corrected chi connectivity index (χ4v) is 6.77. The molecule has 9 nitrogen and oxygen atoms in total. The van der Waals surface area contributed by atoms with E-state index in [2.05, 4.69) is 32.2 Å². The molecule has 3 aliphatic rings. The third kappa shape index (κ3) is 7.27. The summed E-state index contributed by atoms with van der Waals surface area (Å²) in [5.74, 6) is -1.29. The number of hydrogen-bond donors (Lipinski definition) is 3. The van der Waals surface area contributed by atoms with Gasteiger partial charge < -0.3 is 30.2 Å². The molecule has 3 heterocycles. The number of nitrogens with one attached hydrogen (secondary N) is 1. The molecule has 9 heteroatoms. The second kappa shape index (κ2) is 14.8. The van der Waals surface area contributed by atoms with E-state index in [0.29, 0.717) is 49.5 Å². The summed E-state index contributed by atoms with van der Waals surface area (Å²) in [6.07, 6.45) is 10.1. The highest BCUT2D eigenvalue weighted by Crippen LogP contribution is 2.46. The minimum atomic E-state index is -1.89. The standard InChI is InChI=1S/C38H48N4O5/c1-26(2)9-7-10-27(3)17-19-41-34-16-15-31(40-20-18-39-23-36(40)45)22-33(34)38(47,37(41)46)28(4)11-8-14-35(44)42-24-30-13-6-5-12-29(30)21-32(42)25-43/h5-6,8-9,11-13,15-17,22,28,32,39,43,47H,7,10,14,18-21,23-25H2,1-4H3/b11-8+,27-17+/t28-,32-,38+/m0/s1. The van der Waals surface area contributed by atoms with Gasteiger partial charge in [-0.05, 0) is 69.4 Å². The molecule has 0 bridgehead atoms. The Balaban J connectivity index is 1.38. The first-order chi connectivity index (χ1) is 22.5. The third-order valence-electron chi connectivity index (χ3n) is 9.63. The normalized spacial score (nSPS) is 22.0. The third-order valence-corrected chi connectivity index (χ3v) is 9.63. The van der Waals surface area contributed by atoms with Crippen molar-refractivity contribution in [1.29, 1.82) is 0 Å². The monoisotopic (exact) mass is 640 g/mol. The number of piperazine rings is 1. The first-order valence-corrected chi connectivity index (χ1v) is 16.7. The van der Waals surface area contributed by atoms with Gasteiger partial charge in [0.05, 0.1) is 24.9 Å². The maximum absolute atomic E-state index is 14.1. The molecule has 47 heavy (non-hydrogen) atoms. The van der Waals surface area contributed by atoms with Crippen LogP contribution in [-0.2, 0) is 33.0 Å². The molecule has 0 unspecified atom stereocenters. The highest BCUT2D eigenvalue weighted by Gasteiger charge is 2.52. The average molecular weight is 641 g/mol. The highest BCUT2D eigenvalue weighted by molar-refractivity contribution is 6.08. The Kier molecular flexibility index (Phi) is 10.8. The van der Waals surface area contributed by atoms with Gasteiger partial charge in [0, 0.05) is 49.8 Å². The number of carbonyl (C=O) groups is 3. The van der Waals surface area contributed by atoms with Gasteiger partial charge in [0.1, 0.15) is 0 Å². The van der Waals surface area contributed by atoms with E-state index in [9.17, 15) is 24.6 Å². The van der Waals surface area contributed by atoms with Crippen LogP contribution in [0.3, 0.4) is 0 Å². The largest absolute Gasteiger partial charge is 0.394 e. The molecule has 0 aromatic heterocycles. The predicted molar refractivity (Wildman–Crippen MR) is 185 cm³/mol. The van der Waals surface area contributed by atoms with Gasteiger partial charge in [-0.15, -0.1) is 0 Å². The lowest BCUT2D eigenvalue weighted by atomic mass is 9.82. The molecule has 0 radical (unpaired) electrons. The molecule has 3 atom stereocenters. The van der Waals surface area contributed by atoms with Gasteiger partial charge >= 0.3 is 0 Å². The Bertz CT molecular complexity index is 1590. The summed E-state index contributed by atoms with van der Waals surface area (Å²) in [5, 5.41) is 25.4. The van der Waals surface area contributed by atoms with Gasteiger partial charge in [-0.3, -0.25) is 14.4 Å². The smallest absolute Gasteiger partial charge is 0.264 e. The van der Waals surface area contributed by atoms with E-state index in [-0.39, 0.29) is 37.4 Å². The Morgan fingerprint density at radius 2 is 1.87 bits per heavy atom. The number of anilines is 2. The Morgan fingerprint density at radius 1 is 1.11 bits per heavy atom. The Hall–Kier alpha value is -4.05. The molecule has 3 aliphatic heterocycles. The van der Waals surface area contributed by atoms with Crippen LogP contribution in [0.15, 0.2) is 77.9 Å². The van der Waals surface area contributed by atoms with Crippen LogP contribution in [0.2, 0.25) is 0 Å². The van der Waals surface area contributed by atoms with Crippen molar-refractivity contribution >= 4 is 29.1 Å². The number of amides is 3. The van der Waals surface area contributed by atoms with Crippen molar-refractivity contribution in [2.75, 3.05) is 42.6 Å². The molecular formula is C38H48N4O5. The molecule has 3 amide bonds. The van der Waals surface area contributed by atoms with Crippen molar-refractivity contribution in [3.8, 4) is 0 Å². The topological polar surface area (TPSA) is 113 Å². The predicted octanol–water partition coefficient (Wildman–Crippen LogP) is 4.38. The van der Waals surface area contributed by atoms with E-state index in [4.69, 9.17) is 0 Å². The van der Waals surface area contributed by atoms with E-state index in [1.54, 1.807) is 39.8 Å². The molecule has 3 N–H and O–H groups in total. The molecule has 1 saturated heterocycles. The fraction of sp³-hybridized carbons (Fsp3) is 0.447. The first kappa shape index (κ1) is 34.3. The molecule has 250 valence electrons. The Labute approximate surface area is 278 Å². The van der Waals surface area contributed by atoms with E-state index in [1.807, 2.05) is 42.5 Å². The van der Waals surface area contributed by atoms with Crippen LogP contribution in [0.5, 0.6) is 0 Å². The van der Waals surface area contributed by atoms with Gasteiger partial charge in [-0.1, -0.05) is 66.6 Å². The lowest BCUT2D eigenvalue weighted by Gasteiger charge is -2.36. The zero-order valence-electron chi connectivity index (χ0n) is 28.0. The highest BCUT2D eigenvalue weighted by atomic mass is 16.3. The van der Waals surface area contributed by atoms with Gasteiger partial charge in [-0.25, -0.2) is 0 Å². The number of aliphatic hydroxyl groups excluding tert-OH is 1. The number of benzene rings is 2. The fourth-order valence-electron chi connectivity index (χ4n) is 6.77. The van der Waals surface area contributed by atoms with Crippen molar-refractivity contribution in [3.63, 3.8) is 0 Å². The van der Waals surface area contributed by atoms with Crippen LogP contribution in [0.25, 0.3) is 0 Å². The number of fused-ring (bicyclic) bond motifs is 2. The molecule has 0 aliphatic carbocycles. The maximum Gasteiger partial charge on any atom is 0.264 e. The lowest BCUT2D eigenvalue weighted by molar-refractivity contribution is -0.139. The zero-order valence-corrected chi connectivity index (χ0v) is 28.0. The number of hydrogen-bond acceptors (Lipinski definition) is 6. The van der Waals surface area contributed by atoms with E-state index >= 15 is 0 Å². The first-order valence-electron chi connectivity index (χ1n) is 16.7. The number of nitrogens with zero attached hydrogens (tertiary/aromatic N) is 3. The summed E-state index contributed by atoms with van der Waals surface area (Å²) in [6, 6.07) is 13.1. The van der Waals surface area contributed by atoms with Crippen LogP contribution in [0, 0.1) is 5.92 Å². The summed E-state index contributed by atoms with van der Waals surface area (Å²) in [7, 11) is 0. The van der Waals surface area contributed by atoms with Crippen molar-refractivity contribution in [2.24, 2.45) is 5.92 Å². The lowest BCUT2D eigenvalue weighted by Crippen LogP contribution is -2.48. The van der Waals surface area contributed by atoms with Crippen molar-refractivity contribution in [3.05, 3.63) is 94.6 Å². The summed E-state index contributed by atoms with van der Waals surface area (Å²) >= 11 is 0. The van der Waals surface area contributed by atoms with E-state index in [0.717, 1.165) is 29.5 Å². The summed E-state index contributed by atoms with van der Waals surface area (Å²) in [6.45, 7) is 9.99. The molecule has 2 aromatic rings. The minimum absolute atomic E-state index is 0.0659. The van der Waals surface area contributed by atoms with Gasteiger partial charge in [0.2, 0.25) is 11.8 Å². The number of aliphatic hydroxyl groups is 2. The SMILES string of the molecule is CC(C)=CCC/C(C)=C/CN1C(=O)[C@@](O)([C@@H](C)/C=C/CC(=O)N2Cc3ccccc3C[C@H]2CO)c2cc(N3CCNCC3=O)ccc21. The maximum atomic E-state index is 14.1. The number of allylic oxidation sites excluding steroid dienone is 3. The average Bonchev–Trinajstić information content (AvgIpc) is 3.28. The summed E-state index contributed by atoms with van der Waals surface area (Å²) < 4.78 is 0. The summed E-state index contributed by atoms with van der Waals surface area (Å²) in [4.78, 5) is 45.2. The number of rotatable bonds is 11. The van der Waals surface area contributed by atoms with Gasteiger partial charge in [-0.2, -0.15) is 0 Å². The van der Waals surface area contributed by atoms with Crippen molar-refractivity contribution < 1.29 is 24.6 Å². The second-order valence-electron chi connectivity index (χ2n) is 13.2. The van der Waals surface area contributed by atoms with Gasteiger partial charge in [0.25, 0.3) is 5.91 Å². The quantitative estimate of drug-likeness (QED) is 0.315. The van der Waals surface area contributed by atoms with Crippen LogP contribution >= 0.6 is 0 Å². The van der Waals surface area contributed by atoms with Gasteiger partial charge in [0.15, 0.2) is 5.60 Å². The minimum Gasteiger partial charge on any atom is -0.394 e. The van der Waals surface area contributed by atoms with Crippen LogP contribution < -0.4 is 15.1 Å². The van der Waals surface area contributed by atoms with Crippen LogP contribution in [0.4, 0.5) is 11.4 Å². The Morgan fingerprint density at radius 3 is 2.60 bits per heavy atom. The molecule has 0 saturated carbocycles. The summed E-state index contributed by atoms with van der Waals surface area (Å²) in [5.41, 5.74) is 4.47. The number of carbonyl (C=O) groups excluding carboxylic acids is 3. The molecular weight excluding hydrogens is 592 g/mol. The molecule has 1 fully saturated rings. The van der Waals surface area contributed by atoms with E-state index in [1.165, 1.54) is 5.57 Å². The van der Waals surface area contributed by atoms with Crippen LogP contribution in [0.1, 0.15) is 63.6 Å². The van der Waals surface area contributed by atoms with E-state index < -0.39 is 17.4 Å². The molecule has 5 rings (SSSR count). The molecule has 2 aromatic carbocycles. The van der Waals surface area contributed by atoms with Crippen molar-refractivity contribution in [1.82, 2.24) is 10.2 Å². The molecule has 0 spiro atoms. The zero-order chi connectivity index (χ0) is 33.7. The second-order valence-corrected chi connectivity index (χ2v) is 13.2.